The zero-order chi connectivity index (χ0) is 13.9. The molecule has 0 spiro atoms. The SMILES string of the molecule is Nc1nc(Cl)cc(Oc2cccc(-n3ccnn3)c2)n1. The van der Waals surface area contributed by atoms with Crippen LogP contribution in [0.25, 0.3) is 5.69 Å². The first kappa shape index (κ1) is 12.4. The molecule has 0 bridgehead atoms. The minimum atomic E-state index is 0.0555. The first-order valence-corrected chi connectivity index (χ1v) is 6.03. The monoisotopic (exact) mass is 288 g/mol. The number of rotatable bonds is 3. The first-order valence-electron chi connectivity index (χ1n) is 5.65. The molecule has 2 aromatic heterocycles. The largest absolute Gasteiger partial charge is 0.439 e. The van der Waals surface area contributed by atoms with Gasteiger partial charge in [0.05, 0.1) is 18.1 Å². The lowest BCUT2D eigenvalue weighted by Crippen LogP contribution is -1.98. The molecule has 0 radical (unpaired) electrons. The quantitative estimate of drug-likeness (QED) is 0.742. The number of nitrogens with zero attached hydrogens (tertiary/aromatic N) is 5. The van der Waals surface area contributed by atoms with Gasteiger partial charge in [0.25, 0.3) is 0 Å². The summed E-state index contributed by atoms with van der Waals surface area (Å²) in [5.74, 6) is 0.908. The van der Waals surface area contributed by atoms with E-state index in [0.717, 1.165) is 5.69 Å². The molecule has 0 unspecified atom stereocenters. The van der Waals surface area contributed by atoms with Gasteiger partial charge in [-0.25, -0.2) is 9.67 Å². The van der Waals surface area contributed by atoms with Gasteiger partial charge < -0.3 is 10.5 Å². The Bertz CT molecular complexity index is 710. The molecular formula is C12H9ClN6O. The summed E-state index contributed by atoms with van der Waals surface area (Å²) < 4.78 is 7.22. The smallest absolute Gasteiger partial charge is 0.225 e. The van der Waals surface area contributed by atoms with Gasteiger partial charge in [0.15, 0.2) is 0 Å². The van der Waals surface area contributed by atoms with Crippen LogP contribution in [0.2, 0.25) is 5.15 Å². The van der Waals surface area contributed by atoms with Crippen LogP contribution >= 0.6 is 11.6 Å². The number of anilines is 1. The van der Waals surface area contributed by atoms with Crippen molar-refractivity contribution >= 4 is 17.5 Å². The Labute approximate surface area is 119 Å². The van der Waals surface area contributed by atoms with Gasteiger partial charge in [-0.2, -0.15) is 4.98 Å². The molecule has 0 aliphatic heterocycles. The van der Waals surface area contributed by atoms with E-state index in [1.54, 1.807) is 29.2 Å². The van der Waals surface area contributed by atoms with E-state index in [-0.39, 0.29) is 17.0 Å². The number of nitrogens with two attached hydrogens (primary N) is 1. The van der Waals surface area contributed by atoms with Gasteiger partial charge in [-0.05, 0) is 12.1 Å². The summed E-state index contributed by atoms with van der Waals surface area (Å²) in [7, 11) is 0. The average molecular weight is 289 g/mol. The Hall–Kier alpha value is -2.67. The Morgan fingerprint density at radius 1 is 1.20 bits per heavy atom. The molecule has 0 aliphatic rings. The summed E-state index contributed by atoms with van der Waals surface area (Å²) in [4.78, 5) is 7.71. The molecule has 3 aromatic rings. The standard InChI is InChI=1S/C12H9ClN6O/c13-10-7-11(17-12(14)16-10)20-9-3-1-2-8(6-9)19-5-4-15-18-19/h1-7H,(H2,14,16,17). The Kier molecular flexibility index (Phi) is 3.18. The van der Waals surface area contributed by atoms with Crippen molar-refractivity contribution in [3.8, 4) is 17.3 Å². The number of ether oxygens (including phenoxy) is 1. The number of benzene rings is 1. The Morgan fingerprint density at radius 3 is 2.85 bits per heavy atom. The molecule has 2 N–H and O–H groups in total. The van der Waals surface area contributed by atoms with Crippen molar-refractivity contribution in [2.24, 2.45) is 0 Å². The summed E-state index contributed by atoms with van der Waals surface area (Å²) in [6, 6.07) is 8.77. The maximum absolute atomic E-state index is 5.80. The summed E-state index contributed by atoms with van der Waals surface area (Å²) in [6.07, 6.45) is 3.33. The molecule has 0 fully saturated rings. The van der Waals surface area contributed by atoms with Gasteiger partial charge >= 0.3 is 0 Å². The predicted molar refractivity (Wildman–Crippen MR) is 72.9 cm³/mol. The Morgan fingerprint density at radius 2 is 2.10 bits per heavy atom. The molecular weight excluding hydrogens is 280 g/mol. The molecule has 0 atom stereocenters. The molecule has 3 rings (SSSR count). The fourth-order valence-corrected chi connectivity index (χ4v) is 1.80. The summed E-state index contributed by atoms with van der Waals surface area (Å²) >= 11 is 5.80. The van der Waals surface area contributed by atoms with Crippen molar-refractivity contribution < 1.29 is 4.74 Å². The van der Waals surface area contributed by atoms with Crippen molar-refractivity contribution in [3.05, 3.63) is 47.9 Å². The van der Waals surface area contributed by atoms with Crippen LogP contribution in [0.15, 0.2) is 42.7 Å². The maximum Gasteiger partial charge on any atom is 0.225 e. The van der Waals surface area contributed by atoms with Crippen LogP contribution in [0.1, 0.15) is 0 Å². The zero-order valence-electron chi connectivity index (χ0n) is 10.1. The van der Waals surface area contributed by atoms with Gasteiger partial charge in [0.1, 0.15) is 10.9 Å². The third kappa shape index (κ3) is 2.67. The van der Waals surface area contributed by atoms with E-state index in [0.29, 0.717) is 5.75 Å². The van der Waals surface area contributed by atoms with Crippen molar-refractivity contribution in [2.75, 3.05) is 5.73 Å². The fourth-order valence-electron chi connectivity index (χ4n) is 1.62. The minimum absolute atomic E-state index is 0.0555. The van der Waals surface area contributed by atoms with E-state index in [9.17, 15) is 0 Å². The van der Waals surface area contributed by atoms with Gasteiger partial charge in [0.2, 0.25) is 11.8 Å². The summed E-state index contributed by atoms with van der Waals surface area (Å²) in [5.41, 5.74) is 6.32. The third-order valence-corrected chi connectivity index (χ3v) is 2.61. The molecule has 0 saturated heterocycles. The van der Waals surface area contributed by atoms with Crippen LogP contribution in [0, 0.1) is 0 Å². The van der Waals surface area contributed by atoms with Crippen LogP contribution in [-0.4, -0.2) is 25.0 Å². The lowest BCUT2D eigenvalue weighted by molar-refractivity contribution is 0.462. The normalized spacial score (nSPS) is 10.4. The van der Waals surface area contributed by atoms with Gasteiger partial charge in [-0.3, -0.25) is 0 Å². The lowest BCUT2D eigenvalue weighted by Gasteiger charge is -2.07. The van der Waals surface area contributed by atoms with Crippen LogP contribution in [0.3, 0.4) is 0 Å². The topological polar surface area (TPSA) is 91.7 Å². The summed E-state index contributed by atoms with van der Waals surface area (Å²) in [6.45, 7) is 0. The molecule has 1 aromatic carbocycles. The highest BCUT2D eigenvalue weighted by Crippen LogP contribution is 2.23. The lowest BCUT2D eigenvalue weighted by atomic mass is 10.3. The molecule has 0 saturated carbocycles. The van der Waals surface area contributed by atoms with Crippen LogP contribution in [0.5, 0.6) is 11.6 Å². The highest BCUT2D eigenvalue weighted by atomic mass is 35.5. The Balaban J connectivity index is 1.89. The minimum Gasteiger partial charge on any atom is -0.439 e. The maximum atomic E-state index is 5.80. The van der Waals surface area contributed by atoms with Crippen LogP contribution in [0.4, 0.5) is 5.95 Å². The van der Waals surface area contributed by atoms with Gasteiger partial charge in [-0.15, -0.1) is 5.10 Å². The third-order valence-electron chi connectivity index (χ3n) is 2.42. The molecule has 7 nitrogen and oxygen atoms in total. The first-order chi connectivity index (χ1) is 9.70. The second kappa shape index (κ2) is 5.14. The molecule has 0 amide bonds. The second-order valence-electron chi connectivity index (χ2n) is 3.83. The van der Waals surface area contributed by atoms with E-state index in [1.807, 2.05) is 12.1 Å². The van der Waals surface area contributed by atoms with Crippen molar-refractivity contribution in [2.45, 2.75) is 0 Å². The summed E-state index contributed by atoms with van der Waals surface area (Å²) in [5, 5.41) is 7.88. The predicted octanol–water partition coefficient (Wildman–Crippen LogP) is 2.09. The van der Waals surface area contributed by atoms with Crippen molar-refractivity contribution in [1.82, 2.24) is 25.0 Å². The number of halogens is 1. The van der Waals surface area contributed by atoms with Gasteiger partial charge in [0, 0.05) is 12.1 Å². The van der Waals surface area contributed by atoms with Crippen LogP contribution < -0.4 is 10.5 Å². The molecule has 0 aliphatic carbocycles. The molecule has 20 heavy (non-hydrogen) atoms. The highest BCUT2D eigenvalue weighted by Gasteiger charge is 2.05. The van der Waals surface area contributed by atoms with E-state index < -0.39 is 0 Å². The van der Waals surface area contributed by atoms with Crippen LogP contribution in [-0.2, 0) is 0 Å². The van der Waals surface area contributed by atoms with Crippen molar-refractivity contribution in [1.29, 1.82) is 0 Å². The van der Waals surface area contributed by atoms with Crippen molar-refractivity contribution in [3.63, 3.8) is 0 Å². The van der Waals surface area contributed by atoms with Gasteiger partial charge in [-0.1, -0.05) is 22.9 Å². The second-order valence-corrected chi connectivity index (χ2v) is 4.22. The van der Waals surface area contributed by atoms with E-state index in [1.165, 1.54) is 6.07 Å². The number of hydrogen-bond donors (Lipinski definition) is 1. The van der Waals surface area contributed by atoms with E-state index in [2.05, 4.69) is 20.3 Å². The average Bonchev–Trinajstić information content (AvgIpc) is 2.91. The zero-order valence-corrected chi connectivity index (χ0v) is 10.9. The number of aromatic nitrogens is 5. The number of hydrogen-bond acceptors (Lipinski definition) is 6. The molecule has 8 heteroatoms. The number of nitrogen functional groups attached to an aromatic ring is 1. The highest BCUT2D eigenvalue weighted by molar-refractivity contribution is 6.29. The molecule has 100 valence electrons. The van der Waals surface area contributed by atoms with E-state index in [4.69, 9.17) is 22.1 Å². The molecule has 2 heterocycles. The van der Waals surface area contributed by atoms with E-state index >= 15 is 0 Å². The fraction of sp³-hybridized carbons (Fsp3) is 0.